The first-order valence-corrected chi connectivity index (χ1v) is 6.84. The van der Waals surface area contributed by atoms with Crippen LogP contribution in [-0.4, -0.2) is 23.0 Å². The van der Waals surface area contributed by atoms with Gasteiger partial charge in [0.05, 0.1) is 16.6 Å². The first-order chi connectivity index (χ1) is 10.9. The van der Waals surface area contributed by atoms with E-state index in [2.05, 4.69) is 5.32 Å². The van der Waals surface area contributed by atoms with Crippen molar-refractivity contribution in [2.45, 2.75) is 13.0 Å². The monoisotopic (exact) mass is 316 g/mol. The van der Waals surface area contributed by atoms with E-state index in [1.54, 1.807) is 25.3 Å². The Morgan fingerprint density at radius 1 is 1.30 bits per heavy atom. The highest BCUT2D eigenvalue weighted by Gasteiger charge is 2.21. The Kier molecular flexibility index (Phi) is 4.92. The molecule has 1 atom stereocenters. The van der Waals surface area contributed by atoms with Crippen LogP contribution in [0.4, 0.5) is 11.4 Å². The number of amides is 1. The van der Waals surface area contributed by atoms with Gasteiger partial charge in [-0.25, -0.2) is 0 Å². The molecular formula is C16H16N2O5. The molecule has 0 fully saturated rings. The Bertz CT molecular complexity index is 745. The van der Waals surface area contributed by atoms with Crippen LogP contribution in [0.1, 0.15) is 28.9 Å². The second-order valence-electron chi connectivity index (χ2n) is 4.89. The Labute approximate surface area is 132 Å². The highest BCUT2D eigenvalue weighted by atomic mass is 16.6. The minimum absolute atomic E-state index is 0.141. The lowest BCUT2D eigenvalue weighted by atomic mass is 10.1. The maximum Gasteiger partial charge on any atom is 0.311 e. The van der Waals surface area contributed by atoms with Gasteiger partial charge in [0.2, 0.25) is 5.75 Å². The molecule has 0 heterocycles. The number of nitrogens with zero attached hydrogens (tertiary/aromatic N) is 1. The molecule has 0 aliphatic rings. The molecule has 0 aliphatic carbocycles. The maximum absolute atomic E-state index is 12.2. The molecule has 120 valence electrons. The first kappa shape index (κ1) is 16.4. The predicted octanol–water partition coefficient (Wildman–Crippen LogP) is 3.26. The van der Waals surface area contributed by atoms with Crippen molar-refractivity contribution in [3.8, 4) is 5.75 Å². The highest BCUT2D eigenvalue weighted by molar-refractivity contribution is 6.06. The van der Waals surface area contributed by atoms with Crippen LogP contribution in [0.5, 0.6) is 5.75 Å². The fourth-order valence-electron chi connectivity index (χ4n) is 2.07. The zero-order valence-electron chi connectivity index (χ0n) is 12.6. The third kappa shape index (κ3) is 3.64. The number of methoxy groups -OCH3 is 1. The quantitative estimate of drug-likeness (QED) is 0.651. The summed E-state index contributed by atoms with van der Waals surface area (Å²) in [5, 5.41) is 23.3. The van der Waals surface area contributed by atoms with Gasteiger partial charge in [0.15, 0.2) is 0 Å². The second kappa shape index (κ2) is 6.89. The van der Waals surface area contributed by atoms with E-state index < -0.39 is 22.3 Å². The molecule has 0 saturated heterocycles. The fraction of sp³-hybridized carbons (Fsp3) is 0.188. The zero-order chi connectivity index (χ0) is 17.0. The van der Waals surface area contributed by atoms with Crippen molar-refractivity contribution < 1.29 is 19.6 Å². The molecule has 0 saturated carbocycles. The van der Waals surface area contributed by atoms with Crippen LogP contribution in [0.2, 0.25) is 0 Å². The lowest BCUT2D eigenvalue weighted by Crippen LogP contribution is -2.13. The van der Waals surface area contributed by atoms with E-state index in [1.807, 2.05) is 13.0 Å². The number of anilines is 1. The van der Waals surface area contributed by atoms with Gasteiger partial charge in [-0.2, -0.15) is 0 Å². The number of hydrogen-bond acceptors (Lipinski definition) is 5. The van der Waals surface area contributed by atoms with Crippen molar-refractivity contribution >= 4 is 17.3 Å². The minimum Gasteiger partial charge on any atom is -0.502 e. The summed E-state index contributed by atoms with van der Waals surface area (Å²) in [5.74, 6) is -1.29. The number of benzene rings is 2. The van der Waals surface area contributed by atoms with Crippen molar-refractivity contribution in [1.29, 1.82) is 0 Å². The summed E-state index contributed by atoms with van der Waals surface area (Å²) in [5.41, 5.74) is 0.694. The number of para-hydroxylation sites is 1. The van der Waals surface area contributed by atoms with Crippen LogP contribution in [0.25, 0.3) is 0 Å². The number of carbonyl (C=O) groups excluding carboxylic acids is 1. The molecule has 2 aromatic rings. The van der Waals surface area contributed by atoms with Gasteiger partial charge in [-0.05, 0) is 30.7 Å². The Balaban J connectivity index is 2.26. The summed E-state index contributed by atoms with van der Waals surface area (Å²) in [6.07, 6.45) is -0.141. The summed E-state index contributed by atoms with van der Waals surface area (Å²) in [6.45, 7) is 1.87. The molecule has 23 heavy (non-hydrogen) atoms. The van der Waals surface area contributed by atoms with Gasteiger partial charge >= 0.3 is 5.69 Å². The van der Waals surface area contributed by atoms with Crippen molar-refractivity contribution in [2.24, 2.45) is 0 Å². The molecule has 0 spiro atoms. The third-order valence-electron chi connectivity index (χ3n) is 3.42. The summed E-state index contributed by atoms with van der Waals surface area (Å²) >= 11 is 0. The summed E-state index contributed by atoms with van der Waals surface area (Å²) < 4.78 is 5.21. The Morgan fingerprint density at radius 2 is 2.00 bits per heavy atom. The zero-order valence-corrected chi connectivity index (χ0v) is 12.6. The van der Waals surface area contributed by atoms with Crippen molar-refractivity contribution in [3.63, 3.8) is 0 Å². The lowest BCUT2D eigenvalue weighted by molar-refractivity contribution is -0.385. The molecule has 0 aliphatic heterocycles. The molecule has 0 aromatic heterocycles. The third-order valence-corrected chi connectivity index (χ3v) is 3.42. The van der Waals surface area contributed by atoms with E-state index in [-0.39, 0.29) is 11.7 Å². The van der Waals surface area contributed by atoms with Gasteiger partial charge < -0.3 is 15.2 Å². The summed E-state index contributed by atoms with van der Waals surface area (Å²) in [6, 6.07) is 10.8. The van der Waals surface area contributed by atoms with Gasteiger partial charge in [-0.3, -0.25) is 14.9 Å². The molecule has 0 radical (unpaired) electrons. The van der Waals surface area contributed by atoms with Crippen LogP contribution in [0.3, 0.4) is 0 Å². The first-order valence-electron chi connectivity index (χ1n) is 6.84. The van der Waals surface area contributed by atoms with Crippen LogP contribution in [0, 0.1) is 10.1 Å². The van der Waals surface area contributed by atoms with Gasteiger partial charge in [0, 0.05) is 18.9 Å². The van der Waals surface area contributed by atoms with Crippen LogP contribution < -0.4 is 5.32 Å². The Hall–Kier alpha value is -2.93. The fourth-order valence-corrected chi connectivity index (χ4v) is 2.07. The molecular weight excluding hydrogens is 300 g/mol. The minimum atomic E-state index is -0.743. The molecule has 2 rings (SSSR count). The number of nitro groups is 1. The predicted molar refractivity (Wildman–Crippen MR) is 84.6 cm³/mol. The number of carbonyl (C=O) groups is 1. The number of nitro benzene ring substituents is 1. The van der Waals surface area contributed by atoms with Crippen molar-refractivity contribution in [3.05, 3.63) is 63.7 Å². The number of hydrogen-bond donors (Lipinski definition) is 2. The smallest absolute Gasteiger partial charge is 0.311 e. The molecule has 1 amide bonds. The Morgan fingerprint density at radius 3 is 2.65 bits per heavy atom. The molecule has 0 bridgehead atoms. The average Bonchev–Trinajstić information content (AvgIpc) is 2.54. The summed E-state index contributed by atoms with van der Waals surface area (Å²) in [7, 11) is 1.58. The number of aromatic hydroxyl groups is 1. The van der Waals surface area contributed by atoms with Gasteiger partial charge in [-0.15, -0.1) is 0 Å². The number of phenolic OH excluding ortho intramolecular Hbond substituents is 1. The SMILES string of the molecule is COC(C)c1cccc(NC(=O)c2cccc([N+](=O)[O-])c2O)c1. The van der Waals surface area contributed by atoms with E-state index in [4.69, 9.17) is 4.74 Å². The average molecular weight is 316 g/mol. The van der Waals surface area contributed by atoms with Crippen LogP contribution in [-0.2, 0) is 4.74 Å². The molecule has 7 heteroatoms. The summed E-state index contributed by atoms with van der Waals surface area (Å²) in [4.78, 5) is 22.3. The number of nitrogens with one attached hydrogen (secondary N) is 1. The van der Waals surface area contributed by atoms with Crippen molar-refractivity contribution in [1.82, 2.24) is 0 Å². The van der Waals surface area contributed by atoms with Crippen molar-refractivity contribution in [2.75, 3.05) is 12.4 Å². The van der Waals surface area contributed by atoms with Gasteiger partial charge in [0.1, 0.15) is 0 Å². The highest BCUT2D eigenvalue weighted by Crippen LogP contribution is 2.30. The van der Waals surface area contributed by atoms with E-state index >= 15 is 0 Å². The van der Waals surface area contributed by atoms with Gasteiger partial charge in [-0.1, -0.05) is 18.2 Å². The van der Waals surface area contributed by atoms with Gasteiger partial charge in [0.25, 0.3) is 5.91 Å². The van der Waals surface area contributed by atoms with E-state index in [9.17, 15) is 20.0 Å². The largest absolute Gasteiger partial charge is 0.502 e. The number of rotatable bonds is 5. The van der Waals surface area contributed by atoms with E-state index in [0.717, 1.165) is 11.6 Å². The molecule has 7 nitrogen and oxygen atoms in total. The van der Waals surface area contributed by atoms with E-state index in [1.165, 1.54) is 12.1 Å². The standard InChI is InChI=1S/C16H16N2O5/c1-10(23-2)11-5-3-6-12(9-11)17-16(20)13-7-4-8-14(15(13)19)18(21)22/h3-10,19H,1-2H3,(H,17,20). The lowest BCUT2D eigenvalue weighted by Gasteiger charge is -2.12. The molecule has 2 aromatic carbocycles. The maximum atomic E-state index is 12.2. The van der Waals surface area contributed by atoms with E-state index in [0.29, 0.717) is 5.69 Å². The second-order valence-corrected chi connectivity index (χ2v) is 4.89. The number of ether oxygens (including phenoxy) is 1. The van der Waals surface area contributed by atoms with Crippen LogP contribution in [0.15, 0.2) is 42.5 Å². The topological polar surface area (TPSA) is 102 Å². The number of phenols is 1. The molecule has 2 N–H and O–H groups in total. The van der Waals surface area contributed by atoms with Crippen LogP contribution >= 0.6 is 0 Å². The molecule has 1 unspecified atom stereocenters. The normalized spacial score (nSPS) is 11.7.